The SMILES string of the molecule is CC(C)c1[nH]nc(C(=O)Nc2cc(Cl)nc(Cl)n2)c1N. The van der Waals surface area contributed by atoms with Crippen molar-refractivity contribution in [1.29, 1.82) is 0 Å². The Bertz CT molecular complexity index is 634. The smallest absolute Gasteiger partial charge is 0.279 e. The molecule has 0 aliphatic rings. The van der Waals surface area contributed by atoms with Crippen molar-refractivity contribution in [3.05, 3.63) is 27.9 Å². The summed E-state index contributed by atoms with van der Waals surface area (Å²) < 4.78 is 0. The van der Waals surface area contributed by atoms with Gasteiger partial charge in [0.05, 0.1) is 11.4 Å². The average Bonchev–Trinajstić information content (AvgIpc) is 2.69. The molecule has 0 aliphatic heterocycles. The maximum atomic E-state index is 12.1. The quantitative estimate of drug-likeness (QED) is 0.595. The highest BCUT2D eigenvalue weighted by atomic mass is 35.5. The molecule has 0 aromatic carbocycles. The fourth-order valence-electron chi connectivity index (χ4n) is 1.61. The zero-order valence-corrected chi connectivity index (χ0v) is 12.2. The van der Waals surface area contributed by atoms with Crippen LogP contribution in [-0.2, 0) is 0 Å². The standard InChI is InChI=1S/C11H12Cl2N6O/c1-4(2)8-7(14)9(19-18-8)10(20)16-6-3-5(12)15-11(13)17-6/h3-4H,14H2,1-2H3,(H,18,19)(H,15,16,17,20). The largest absolute Gasteiger partial charge is 0.395 e. The number of nitrogens with one attached hydrogen (secondary N) is 2. The van der Waals surface area contributed by atoms with E-state index in [4.69, 9.17) is 28.9 Å². The van der Waals surface area contributed by atoms with Gasteiger partial charge in [-0.1, -0.05) is 25.4 Å². The molecule has 0 saturated carbocycles. The van der Waals surface area contributed by atoms with Gasteiger partial charge in [-0.3, -0.25) is 9.89 Å². The molecular weight excluding hydrogens is 303 g/mol. The molecule has 0 aliphatic carbocycles. The molecule has 4 N–H and O–H groups in total. The minimum Gasteiger partial charge on any atom is -0.395 e. The number of aromatic nitrogens is 4. The zero-order chi connectivity index (χ0) is 14.9. The van der Waals surface area contributed by atoms with Crippen LogP contribution >= 0.6 is 23.2 Å². The molecule has 2 aromatic heterocycles. The second-order valence-corrected chi connectivity index (χ2v) is 5.08. The molecule has 0 spiro atoms. The molecule has 0 saturated heterocycles. The van der Waals surface area contributed by atoms with Gasteiger partial charge < -0.3 is 11.1 Å². The first-order valence-corrected chi connectivity index (χ1v) is 6.49. The van der Waals surface area contributed by atoms with E-state index < -0.39 is 5.91 Å². The maximum absolute atomic E-state index is 12.1. The lowest BCUT2D eigenvalue weighted by atomic mass is 10.1. The number of anilines is 2. The van der Waals surface area contributed by atoms with Crippen molar-refractivity contribution in [3.8, 4) is 0 Å². The molecule has 0 radical (unpaired) electrons. The second-order valence-electron chi connectivity index (χ2n) is 4.35. The number of carbonyl (C=O) groups excluding carboxylic acids is 1. The van der Waals surface area contributed by atoms with Crippen LogP contribution in [0.3, 0.4) is 0 Å². The van der Waals surface area contributed by atoms with Crippen LogP contribution in [0, 0.1) is 0 Å². The minimum absolute atomic E-state index is 0.0642. The molecular formula is C11H12Cl2N6O. The van der Waals surface area contributed by atoms with Gasteiger partial charge in [0.2, 0.25) is 5.28 Å². The van der Waals surface area contributed by atoms with E-state index in [-0.39, 0.29) is 27.9 Å². The average molecular weight is 315 g/mol. The molecule has 0 bridgehead atoms. The summed E-state index contributed by atoms with van der Waals surface area (Å²) in [6.45, 7) is 3.88. The first kappa shape index (κ1) is 14.5. The number of H-pyrrole nitrogens is 1. The number of aromatic amines is 1. The van der Waals surface area contributed by atoms with Crippen molar-refractivity contribution < 1.29 is 4.79 Å². The predicted octanol–water partition coefficient (Wildman–Crippen LogP) is 2.46. The summed E-state index contributed by atoms with van der Waals surface area (Å²) in [7, 11) is 0. The summed E-state index contributed by atoms with van der Waals surface area (Å²) in [6.07, 6.45) is 0. The van der Waals surface area contributed by atoms with Crippen molar-refractivity contribution in [2.24, 2.45) is 0 Å². The number of hydrogen-bond acceptors (Lipinski definition) is 5. The van der Waals surface area contributed by atoms with Crippen LogP contribution in [0.4, 0.5) is 11.5 Å². The molecule has 0 atom stereocenters. The van der Waals surface area contributed by atoms with Crippen molar-refractivity contribution in [2.75, 3.05) is 11.1 Å². The Balaban J connectivity index is 2.24. The minimum atomic E-state index is -0.503. The van der Waals surface area contributed by atoms with E-state index in [1.807, 2.05) is 13.8 Å². The van der Waals surface area contributed by atoms with Gasteiger partial charge in [-0.15, -0.1) is 0 Å². The normalized spacial score (nSPS) is 10.8. The fourth-order valence-corrected chi connectivity index (χ4v) is 2.02. The summed E-state index contributed by atoms with van der Waals surface area (Å²) in [5.74, 6) is -0.197. The van der Waals surface area contributed by atoms with E-state index in [2.05, 4.69) is 25.5 Å². The Hall–Kier alpha value is -1.86. The molecule has 7 nitrogen and oxygen atoms in total. The number of nitrogens with zero attached hydrogens (tertiary/aromatic N) is 3. The van der Waals surface area contributed by atoms with Gasteiger partial charge in [0.1, 0.15) is 11.0 Å². The fraction of sp³-hybridized carbons (Fsp3) is 0.273. The maximum Gasteiger partial charge on any atom is 0.279 e. The van der Waals surface area contributed by atoms with Gasteiger partial charge in [0, 0.05) is 6.07 Å². The first-order chi connectivity index (χ1) is 9.38. The van der Waals surface area contributed by atoms with E-state index in [1.54, 1.807) is 0 Å². The van der Waals surface area contributed by atoms with Crippen molar-refractivity contribution in [1.82, 2.24) is 20.2 Å². The number of hydrogen-bond donors (Lipinski definition) is 3. The Morgan fingerprint density at radius 3 is 2.65 bits per heavy atom. The van der Waals surface area contributed by atoms with Crippen molar-refractivity contribution in [2.45, 2.75) is 19.8 Å². The molecule has 20 heavy (non-hydrogen) atoms. The second kappa shape index (κ2) is 5.64. The number of nitrogens with two attached hydrogens (primary N) is 1. The third kappa shape index (κ3) is 3.00. The topological polar surface area (TPSA) is 110 Å². The number of amides is 1. The van der Waals surface area contributed by atoms with Crippen LogP contribution in [0.15, 0.2) is 6.07 Å². The molecule has 2 heterocycles. The third-order valence-electron chi connectivity index (χ3n) is 2.54. The van der Waals surface area contributed by atoms with E-state index in [9.17, 15) is 4.79 Å². The van der Waals surface area contributed by atoms with Gasteiger partial charge in [-0.05, 0) is 17.5 Å². The number of halogens is 2. The molecule has 2 aromatic rings. The Kier molecular flexibility index (Phi) is 4.10. The zero-order valence-electron chi connectivity index (χ0n) is 10.7. The molecule has 106 valence electrons. The Labute approximate surface area is 124 Å². The van der Waals surface area contributed by atoms with E-state index in [0.29, 0.717) is 11.4 Å². The van der Waals surface area contributed by atoms with E-state index in [1.165, 1.54) is 6.07 Å². The van der Waals surface area contributed by atoms with Crippen LogP contribution in [0.5, 0.6) is 0 Å². The van der Waals surface area contributed by atoms with Gasteiger partial charge in [-0.2, -0.15) is 5.10 Å². The third-order valence-corrected chi connectivity index (χ3v) is 2.90. The van der Waals surface area contributed by atoms with Crippen LogP contribution in [0.25, 0.3) is 0 Å². The lowest BCUT2D eigenvalue weighted by Gasteiger charge is -2.05. The summed E-state index contributed by atoms with van der Waals surface area (Å²) in [5.41, 5.74) is 6.99. The lowest BCUT2D eigenvalue weighted by molar-refractivity contribution is 0.102. The highest BCUT2D eigenvalue weighted by molar-refractivity contribution is 6.32. The van der Waals surface area contributed by atoms with Crippen LogP contribution < -0.4 is 11.1 Å². The number of rotatable bonds is 3. The van der Waals surface area contributed by atoms with E-state index in [0.717, 1.165) is 0 Å². The van der Waals surface area contributed by atoms with Crippen LogP contribution in [0.1, 0.15) is 35.9 Å². The highest BCUT2D eigenvalue weighted by Gasteiger charge is 2.19. The molecule has 2 rings (SSSR count). The summed E-state index contributed by atoms with van der Waals surface area (Å²) >= 11 is 11.4. The first-order valence-electron chi connectivity index (χ1n) is 5.73. The van der Waals surface area contributed by atoms with Gasteiger partial charge >= 0.3 is 0 Å². The number of nitrogen functional groups attached to an aromatic ring is 1. The van der Waals surface area contributed by atoms with Gasteiger partial charge in [0.25, 0.3) is 5.91 Å². The molecule has 0 fully saturated rings. The predicted molar refractivity (Wildman–Crippen MR) is 77.1 cm³/mol. The van der Waals surface area contributed by atoms with E-state index >= 15 is 0 Å². The lowest BCUT2D eigenvalue weighted by Crippen LogP contribution is -2.15. The molecule has 0 unspecified atom stereocenters. The van der Waals surface area contributed by atoms with Gasteiger partial charge in [-0.25, -0.2) is 9.97 Å². The molecule has 9 heteroatoms. The van der Waals surface area contributed by atoms with Crippen molar-refractivity contribution in [3.63, 3.8) is 0 Å². The highest BCUT2D eigenvalue weighted by Crippen LogP contribution is 2.23. The summed E-state index contributed by atoms with van der Waals surface area (Å²) in [4.78, 5) is 19.6. The van der Waals surface area contributed by atoms with Crippen LogP contribution in [-0.4, -0.2) is 26.1 Å². The van der Waals surface area contributed by atoms with Crippen molar-refractivity contribution >= 4 is 40.6 Å². The summed E-state index contributed by atoms with van der Waals surface area (Å²) in [6, 6.07) is 1.37. The Morgan fingerprint density at radius 2 is 2.10 bits per heavy atom. The monoisotopic (exact) mass is 314 g/mol. The number of carbonyl (C=O) groups is 1. The summed E-state index contributed by atoms with van der Waals surface area (Å²) in [5, 5.41) is 9.22. The molecule has 1 amide bonds. The Morgan fingerprint density at radius 1 is 1.40 bits per heavy atom. The van der Waals surface area contributed by atoms with Crippen LogP contribution in [0.2, 0.25) is 10.4 Å². The van der Waals surface area contributed by atoms with Gasteiger partial charge in [0.15, 0.2) is 5.69 Å².